The summed E-state index contributed by atoms with van der Waals surface area (Å²) in [5.41, 5.74) is 0. The number of carbonyl (C=O) groups is 2. The number of morpholine rings is 1. The van der Waals surface area contributed by atoms with Gasteiger partial charge < -0.3 is 19.9 Å². The molecule has 2 rings (SSSR count). The van der Waals surface area contributed by atoms with Crippen molar-refractivity contribution >= 4 is 11.8 Å². The molecule has 0 saturated carbocycles. The Kier molecular flexibility index (Phi) is 5.22. The monoisotopic (exact) mass is 297 g/mol. The van der Waals surface area contributed by atoms with E-state index in [1.165, 1.54) is 0 Å². The molecule has 0 bridgehead atoms. The number of likely N-dealkylation sites (N-methyl/N-ethyl adjacent to an activating group) is 1. The van der Waals surface area contributed by atoms with Gasteiger partial charge in [-0.1, -0.05) is 20.8 Å². The van der Waals surface area contributed by atoms with E-state index in [0.717, 1.165) is 13.1 Å². The van der Waals surface area contributed by atoms with Gasteiger partial charge in [0.1, 0.15) is 12.1 Å². The summed E-state index contributed by atoms with van der Waals surface area (Å²) >= 11 is 0. The number of nitrogens with zero attached hydrogens (tertiary/aromatic N) is 2. The molecule has 2 amide bonds. The minimum Gasteiger partial charge on any atom is -0.374 e. The fourth-order valence-electron chi connectivity index (χ4n) is 3.06. The van der Waals surface area contributed by atoms with Crippen molar-refractivity contribution in [1.82, 2.24) is 15.1 Å². The first-order valence-corrected chi connectivity index (χ1v) is 7.85. The zero-order valence-electron chi connectivity index (χ0n) is 13.5. The second kappa shape index (κ2) is 6.75. The third kappa shape index (κ3) is 3.55. The molecule has 6 nitrogen and oxygen atoms in total. The number of piperazine rings is 1. The predicted molar refractivity (Wildman–Crippen MR) is 79.8 cm³/mol. The molecule has 0 radical (unpaired) electrons. The summed E-state index contributed by atoms with van der Waals surface area (Å²) in [5, 5.41) is 2.86. The molecule has 2 heterocycles. The van der Waals surface area contributed by atoms with Crippen LogP contribution in [0.25, 0.3) is 0 Å². The first kappa shape index (κ1) is 16.2. The number of nitrogens with one attached hydrogen (secondary N) is 1. The van der Waals surface area contributed by atoms with E-state index in [1.807, 2.05) is 20.8 Å². The molecule has 2 aliphatic heterocycles. The average molecular weight is 297 g/mol. The predicted octanol–water partition coefficient (Wildman–Crippen LogP) is 0.0786. The Morgan fingerprint density at radius 1 is 1.38 bits per heavy atom. The summed E-state index contributed by atoms with van der Waals surface area (Å²) in [7, 11) is 2.05. The fraction of sp³-hybridized carbons (Fsp3) is 0.867. The Morgan fingerprint density at radius 2 is 2.10 bits per heavy atom. The molecule has 6 heteroatoms. The normalized spacial score (nSPS) is 31.7. The highest BCUT2D eigenvalue weighted by atomic mass is 16.5. The van der Waals surface area contributed by atoms with Gasteiger partial charge in [-0.25, -0.2) is 0 Å². The van der Waals surface area contributed by atoms with Gasteiger partial charge in [0.2, 0.25) is 11.8 Å². The van der Waals surface area contributed by atoms with Crippen LogP contribution >= 0.6 is 0 Å². The molecule has 0 aromatic rings. The van der Waals surface area contributed by atoms with Crippen molar-refractivity contribution in [2.75, 3.05) is 33.3 Å². The Morgan fingerprint density at radius 3 is 2.67 bits per heavy atom. The molecule has 0 spiro atoms. The Bertz CT molecular complexity index is 400. The van der Waals surface area contributed by atoms with E-state index in [1.54, 1.807) is 4.90 Å². The summed E-state index contributed by atoms with van der Waals surface area (Å²) in [6.45, 7) is 8.74. The van der Waals surface area contributed by atoms with Crippen molar-refractivity contribution in [2.24, 2.45) is 5.92 Å². The van der Waals surface area contributed by atoms with Crippen molar-refractivity contribution in [1.29, 1.82) is 0 Å². The first-order chi connectivity index (χ1) is 9.93. The smallest absolute Gasteiger partial charge is 0.246 e. The second-order valence-corrected chi connectivity index (χ2v) is 6.40. The van der Waals surface area contributed by atoms with Crippen LogP contribution in [0.3, 0.4) is 0 Å². The standard InChI is InChI=1S/C15H27N3O3/c1-5-12-14(19)16-13(10(2)3)15(20)18(12)9-11-8-17(4)6-7-21-11/h10-13H,5-9H2,1-4H3,(H,16,19). The molecule has 0 aliphatic carbocycles. The van der Waals surface area contributed by atoms with Gasteiger partial charge in [0.15, 0.2) is 0 Å². The number of hydrogen-bond donors (Lipinski definition) is 1. The lowest BCUT2D eigenvalue weighted by molar-refractivity contribution is -0.154. The highest BCUT2D eigenvalue weighted by Crippen LogP contribution is 2.19. The van der Waals surface area contributed by atoms with Gasteiger partial charge in [0, 0.05) is 19.6 Å². The number of amides is 2. The van der Waals surface area contributed by atoms with Gasteiger partial charge in [-0.15, -0.1) is 0 Å². The Labute approximate surface area is 126 Å². The van der Waals surface area contributed by atoms with Crippen LogP contribution in [0.1, 0.15) is 27.2 Å². The maximum absolute atomic E-state index is 12.7. The quantitative estimate of drug-likeness (QED) is 0.798. The van der Waals surface area contributed by atoms with E-state index >= 15 is 0 Å². The second-order valence-electron chi connectivity index (χ2n) is 6.40. The Balaban J connectivity index is 2.11. The average Bonchev–Trinajstić information content (AvgIpc) is 2.42. The van der Waals surface area contributed by atoms with Gasteiger partial charge in [-0.3, -0.25) is 9.59 Å². The fourth-order valence-corrected chi connectivity index (χ4v) is 3.06. The van der Waals surface area contributed by atoms with Crippen LogP contribution in [0.5, 0.6) is 0 Å². The van der Waals surface area contributed by atoms with Gasteiger partial charge in [0.25, 0.3) is 0 Å². The number of carbonyl (C=O) groups excluding carboxylic acids is 2. The van der Waals surface area contributed by atoms with Gasteiger partial charge in [0.05, 0.1) is 12.7 Å². The topological polar surface area (TPSA) is 61.9 Å². The molecule has 120 valence electrons. The molecule has 2 saturated heterocycles. The summed E-state index contributed by atoms with van der Waals surface area (Å²) < 4.78 is 5.76. The summed E-state index contributed by atoms with van der Waals surface area (Å²) in [6.07, 6.45) is 0.616. The van der Waals surface area contributed by atoms with E-state index in [9.17, 15) is 9.59 Å². The third-order valence-corrected chi connectivity index (χ3v) is 4.32. The van der Waals surface area contributed by atoms with Crippen molar-refractivity contribution in [3.8, 4) is 0 Å². The van der Waals surface area contributed by atoms with Crippen LogP contribution in [0.2, 0.25) is 0 Å². The van der Waals surface area contributed by atoms with Crippen LogP contribution in [0.15, 0.2) is 0 Å². The number of hydrogen-bond acceptors (Lipinski definition) is 4. The van der Waals surface area contributed by atoms with Crippen LogP contribution in [-0.4, -0.2) is 73.1 Å². The third-order valence-electron chi connectivity index (χ3n) is 4.32. The minimum atomic E-state index is -0.415. The molecule has 2 fully saturated rings. The molecule has 0 aromatic carbocycles. The SMILES string of the molecule is CCC1C(=O)NC(C(C)C)C(=O)N1CC1CN(C)CCO1. The lowest BCUT2D eigenvalue weighted by Crippen LogP contribution is -2.66. The molecule has 21 heavy (non-hydrogen) atoms. The zero-order chi connectivity index (χ0) is 15.6. The first-order valence-electron chi connectivity index (χ1n) is 7.85. The van der Waals surface area contributed by atoms with Crippen LogP contribution in [-0.2, 0) is 14.3 Å². The molecule has 3 unspecified atom stereocenters. The molecule has 2 aliphatic rings. The van der Waals surface area contributed by atoms with E-state index in [-0.39, 0.29) is 29.9 Å². The zero-order valence-corrected chi connectivity index (χ0v) is 13.5. The number of rotatable bonds is 4. The summed E-state index contributed by atoms with van der Waals surface area (Å²) in [6, 6.07) is -0.787. The number of ether oxygens (including phenoxy) is 1. The largest absolute Gasteiger partial charge is 0.374 e. The van der Waals surface area contributed by atoms with E-state index in [4.69, 9.17) is 4.74 Å². The van der Waals surface area contributed by atoms with E-state index in [0.29, 0.717) is 19.6 Å². The maximum atomic E-state index is 12.7. The van der Waals surface area contributed by atoms with Crippen LogP contribution in [0, 0.1) is 5.92 Å². The minimum absolute atomic E-state index is 0.0135. The van der Waals surface area contributed by atoms with Gasteiger partial charge in [-0.05, 0) is 19.4 Å². The molecule has 1 N–H and O–H groups in total. The lowest BCUT2D eigenvalue weighted by atomic mass is 9.96. The van der Waals surface area contributed by atoms with Gasteiger partial charge in [-0.2, -0.15) is 0 Å². The highest BCUT2D eigenvalue weighted by molar-refractivity contribution is 5.97. The van der Waals surface area contributed by atoms with Crippen LogP contribution < -0.4 is 5.32 Å². The van der Waals surface area contributed by atoms with Crippen molar-refractivity contribution in [3.05, 3.63) is 0 Å². The Hall–Kier alpha value is -1.14. The molecular weight excluding hydrogens is 270 g/mol. The summed E-state index contributed by atoms with van der Waals surface area (Å²) in [5.74, 6) is 0.0740. The van der Waals surface area contributed by atoms with E-state index < -0.39 is 6.04 Å². The highest BCUT2D eigenvalue weighted by Gasteiger charge is 2.41. The molecule has 0 aromatic heterocycles. The molecular formula is C15H27N3O3. The maximum Gasteiger partial charge on any atom is 0.246 e. The van der Waals surface area contributed by atoms with Gasteiger partial charge >= 0.3 is 0 Å². The van der Waals surface area contributed by atoms with Crippen LogP contribution in [0.4, 0.5) is 0 Å². The lowest BCUT2D eigenvalue weighted by Gasteiger charge is -2.42. The summed E-state index contributed by atoms with van der Waals surface area (Å²) in [4.78, 5) is 28.9. The van der Waals surface area contributed by atoms with E-state index in [2.05, 4.69) is 17.3 Å². The molecule has 3 atom stereocenters. The van der Waals surface area contributed by atoms with Crippen molar-refractivity contribution in [2.45, 2.75) is 45.4 Å². The van der Waals surface area contributed by atoms with Crippen molar-refractivity contribution < 1.29 is 14.3 Å². The van der Waals surface area contributed by atoms with Crippen molar-refractivity contribution in [3.63, 3.8) is 0 Å².